The number of nitrogens with zero attached hydrogens (tertiary/aromatic N) is 5. The molecule has 2 aliphatic rings. The maximum absolute atomic E-state index is 13.6. The molecule has 0 saturated carbocycles. The van der Waals surface area contributed by atoms with E-state index in [1.165, 1.54) is 11.1 Å². The van der Waals surface area contributed by atoms with E-state index < -0.39 is 0 Å². The quantitative estimate of drug-likeness (QED) is 0.509. The maximum atomic E-state index is 13.6. The van der Waals surface area contributed by atoms with Crippen LogP contribution in [-0.4, -0.2) is 61.0 Å². The van der Waals surface area contributed by atoms with Crippen molar-refractivity contribution in [1.82, 2.24) is 9.80 Å². The number of hydrogen-bond acceptors (Lipinski definition) is 6. The molecule has 7 nitrogen and oxygen atoms in total. The molecule has 0 aliphatic carbocycles. The first kappa shape index (κ1) is 26.3. The van der Waals surface area contributed by atoms with Gasteiger partial charge in [-0.3, -0.25) is 9.69 Å². The number of rotatable bonds is 6. The van der Waals surface area contributed by atoms with Crippen molar-refractivity contribution in [3.8, 4) is 12.1 Å². The van der Waals surface area contributed by atoms with E-state index in [1.807, 2.05) is 60.4 Å². The summed E-state index contributed by atoms with van der Waals surface area (Å²) in [6.07, 6.45) is 1.01. The lowest BCUT2D eigenvalue weighted by atomic mass is 9.98. The summed E-state index contributed by atoms with van der Waals surface area (Å²) in [6.45, 7) is 9.47. The fourth-order valence-electron chi connectivity index (χ4n) is 5.72. The molecule has 2 fully saturated rings. The highest BCUT2D eigenvalue weighted by atomic mass is 16.2. The lowest BCUT2D eigenvalue weighted by Crippen LogP contribution is -2.49. The lowest BCUT2D eigenvalue weighted by molar-refractivity contribution is 0.0746. The molecular weight excluding hydrogens is 484 g/mol. The normalized spacial score (nSPS) is 17.5. The number of carbonyl (C=O) groups excluding carboxylic acids is 1. The van der Waals surface area contributed by atoms with Gasteiger partial charge in [-0.15, -0.1) is 0 Å². The second kappa shape index (κ2) is 11.6. The van der Waals surface area contributed by atoms with Gasteiger partial charge in [0.15, 0.2) is 0 Å². The van der Waals surface area contributed by atoms with Crippen molar-refractivity contribution < 1.29 is 4.79 Å². The molecule has 1 atom stereocenters. The van der Waals surface area contributed by atoms with Gasteiger partial charge in [0.1, 0.15) is 12.1 Å². The number of anilines is 2. The second-order valence-electron chi connectivity index (χ2n) is 10.5. The molecule has 2 saturated heterocycles. The Balaban J connectivity index is 1.23. The van der Waals surface area contributed by atoms with Crippen molar-refractivity contribution in [2.75, 3.05) is 49.5 Å². The Morgan fingerprint density at radius 1 is 0.897 bits per heavy atom. The van der Waals surface area contributed by atoms with Crippen molar-refractivity contribution in [3.63, 3.8) is 0 Å². The monoisotopic (exact) mass is 518 g/mol. The molecule has 7 heteroatoms. The van der Waals surface area contributed by atoms with E-state index in [1.54, 1.807) is 0 Å². The zero-order chi connectivity index (χ0) is 27.4. The first-order valence-corrected chi connectivity index (χ1v) is 13.6. The third kappa shape index (κ3) is 5.74. The third-order valence-electron chi connectivity index (χ3n) is 7.92. The highest BCUT2D eigenvalue weighted by molar-refractivity contribution is 5.96. The van der Waals surface area contributed by atoms with Gasteiger partial charge in [0.25, 0.3) is 5.91 Å². The lowest BCUT2D eigenvalue weighted by Gasteiger charge is -2.36. The summed E-state index contributed by atoms with van der Waals surface area (Å²) in [5.74, 6) is 0.0797. The first-order valence-electron chi connectivity index (χ1n) is 13.6. The average Bonchev–Trinajstić information content (AvgIpc) is 3.41. The molecule has 0 unspecified atom stereocenters. The van der Waals surface area contributed by atoms with Crippen LogP contribution in [0.3, 0.4) is 0 Å². The highest BCUT2D eigenvalue weighted by Gasteiger charge is 2.27. The predicted octanol–water partition coefficient (Wildman–Crippen LogP) is 4.70. The third-order valence-corrected chi connectivity index (χ3v) is 7.92. The van der Waals surface area contributed by atoms with Crippen molar-refractivity contribution in [2.45, 2.75) is 32.9 Å². The molecule has 2 aliphatic heterocycles. The molecule has 39 heavy (non-hydrogen) atoms. The minimum Gasteiger partial charge on any atom is -0.380 e. The number of nitriles is 2. The molecule has 2 heterocycles. The van der Waals surface area contributed by atoms with Crippen molar-refractivity contribution in [2.24, 2.45) is 0 Å². The average molecular weight is 519 g/mol. The first-order chi connectivity index (χ1) is 19.0. The largest absolute Gasteiger partial charge is 0.380 e. The SMILES string of the molecule is Cc1cc(C)c(C(=O)N2CCN(c3ccccc3C#N)CC2)cc1CN1CC[C@@H](Nc2ccccc2C#N)C1. The van der Waals surface area contributed by atoms with Crippen molar-refractivity contribution >= 4 is 17.3 Å². The number of amides is 1. The minimum absolute atomic E-state index is 0.0797. The van der Waals surface area contributed by atoms with Gasteiger partial charge < -0.3 is 15.1 Å². The molecule has 1 N–H and O–H groups in total. The molecule has 5 rings (SSSR count). The summed E-state index contributed by atoms with van der Waals surface area (Å²) in [5.41, 5.74) is 7.34. The smallest absolute Gasteiger partial charge is 0.254 e. The summed E-state index contributed by atoms with van der Waals surface area (Å²) < 4.78 is 0. The minimum atomic E-state index is 0.0797. The summed E-state index contributed by atoms with van der Waals surface area (Å²) in [7, 11) is 0. The molecule has 3 aromatic rings. The molecular formula is C32H34N6O. The summed E-state index contributed by atoms with van der Waals surface area (Å²) in [5, 5.41) is 22.4. The fourth-order valence-corrected chi connectivity index (χ4v) is 5.72. The van der Waals surface area contributed by atoms with E-state index in [0.29, 0.717) is 37.3 Å². The zero-order valence-corrected chi connectivity index (χ0v) is 22.7. The van der Waals surface area contributed by atoms with Gasteiger partial charge in [0, 0.05) is 57.4 Å². The van der Waals surface area contributed by atoms with Crippen molar-refractivity contribution in [3.05, 3.63) is 94.0 Å². The van der Waals surface area contributed by atoms with E-state index >= 15 is 0 Å². The van der Waals surface area contributed by atoms with Gasteiger partial charge in [-0.25, -0.2) is 0 Å². The molecule has 0 bridgehead atoms. The Morgan fingerprint density at radius 2 is 1.59 bits per heavy atom. The summed E-state index contributed by atoms with van der Waals surface area (Å²) >= 11 is 0. The van der Waals surface area contributed by atoms with Crippen LogP contribution in [0.2, 0.25) is 0 Å². The van der Waals surface area contributed by atoms with Crippen LogP contribution in [0.15, 0.2) is 60.7 Å². The second-order valence-corrected chi connectivity index (χ2v) is 10.5. The van der Waals surface area contributed by atoms with E-state index in [-0.39, 0.29) is 11.9 Å². The Morgan fingerprint density at radius 3 is 2.33 bits per heavy atom. The molecule has 3 aromatic carbocycles. The van der Waals surface area contributed by atoms with Crippen LogP contribution >= 0.6 is 0 Å². The van der Waals surface area contributed by atoms with E-state index in [2.05, 4.69) is 46.3 Å². The van der Waals surface area contributed by atoms with Gasteiger partial charge in [-0.1, -0.05) is 30.3 Å². The van der Waals surface area contributed by atoms with E-state index in [9.17, 15) is 15.3 Å². The Hall–Kier alpha value is -4.33. The fraction of sp³-hybridized carbons (Fsp3) is 0.344. The Bertz CT molecular complexity index is 1440. The van der Waals surface area contributed by atoms with Crippen LogP contribution in [0, 0.1) is 36.5 Å². The molecule has 0 aromatic heterocycles. The summed E-state index contributed by atoms with van der Waals surface area (Å²) in [6, 6.07) is 24.4. The van der Waals surface area contributed by atoms with Crippen molar-refractivity contribution in [1.29, 1.82) is 10.5 Å². The van der Waals surface area contributed by atoms with Crippen LogP contribution < -0.4 is 10.2 Å². The van der Waals surface area contributed by atoms with Crippen LogP contribution in [0.5, 0.6) is 0 Å². The number of nitrogens with one attached hydrogen (secondary N) is 1. The summed E-state index contributed by atoms with van der Waals surface area (Å²) in [4.78, 5) is 20.2. The van der Waals surface area contributed by atoms with Gasteiger partial charge in [-0.05, 0) is 67.3 Å². The zero-order valence-electron chi connectivity index (χ0n) is 22.7. The van der Waals surface area contributed by atoms with E-state index in [4.69, 9.17) is 0 Å². The van der Waals surface area contributed by atoms with E-state index in [0.717, 1.165) is 48.6 Å². The number of piperazine rings is 1. The molecule has 198 valence electrons. The van der Waals surface area contributed by atoms with Crippen LogP contribution in [0.25, 0.3) is 0 Å². The van der Waals surface area contributed by atoms with Crippen LogP contribution in [0.4, 0.5) is 11.4 Å². The topological polar surface area (TPSA) is 86.4 Å². The number of benzene rings is 3. The Kier molecular flexibility index (Phi) is 7.81. The molecule has 0 radical (unpaired) electrons. The number of para-hydroxylation sites is 2. The standard InChI is InChI=1S/C32H34N6O/c1-23-17-24(2)29(32(39)38-15-13-37(14-16-38)31-10-6-4-8-26(31)20-34)18-27(23)21-36-12-11-28(22-36)35-30-9-5-3-7-25(30)19-33/h3-10,17-18,28,35H,11-16,21-22H2,1-2H3/t28-/m1/s1. The highest BCUT2D eigenvalue weighted by Crippen LogP contribution is 2.25. The van der Waals surface area contributed by atoms with Gasteiger partial charge in [0.2, 0.25) is 0 Å². The van der Waals surface area contributed by atoms with Gasteiger partial charge in [-0.2, -0.15) is 10.5 Å². The molecule has 0 spiro atoms. The number of carbonyl (C=O) groups is 1. The number of likely N-dealkylation sites (tertiary alicyclic amines) is 1. The maximum Gasteiger partial charge on any atom is 0.254 e. The number of hydrogen-bond donors (Lipinski definition) is 1. The van der Waals surface area contributed by atoms with Gasteiger partial charge >= 0.3 is 0 Å². The Labute approximate surface area is 230 Å². The van der Waals surface area contributed by atoms with Crippen LogP contribution in [-0.2, 0) is 6.54 Å². The number of aryl methyl sites for hydroxylation is 2. The predicted molar refractivity (Wildman–Crippen MR) is 154 cm³/mol. The molecule has 1 amide bonds. The van der Waals surface area contributed by atoms with Crippen LogP contribution in [0.1, 0.15) is 44.6 Å². The van der Waals surface area contributed by atoms with Gasteiger partial charge in [0.05, 0.1) is 22.5 Å².